The predicted molar refractivity (Wildman–Crippen MR) is 112 cm³/mol. The number of ether oxygens (including phenoxy) is 2. The lowest BCUT2D eigenvalue weighted by Crippen LogP contribution is -2.46. The van der Waals surface area contributed by atoms with E-state index in [0.29, 0.717) is 6.04 Å². The molecule has 1 aliphatic heterocycles. The summed E-state index contributed by atoms with van der Waals surface area (Å²) in [4.78, 5) is 9.12. The third-order valence-corrected chi connectivity index (χ3v) is 5.07. The number of likely N-dealkylation sites (N-methyl/N-ethyl adjacent to an activating group) is 1. The number of anilines is 1. The van der Waals surface area contributed by atoms with Crippen molar-refractivity contribution in [3.05, 3.63) is 18.2 Å². The number of guanidine groups is 1. The Balaban J connectivity index is 1.88. The Hall–Kier alpha value is -2.15. The highest BCUT2D eigenvalue weighted by molar-refractivity contribution is 5.80. The zero-order valence-electron chi connectivity index (χ0n) is 17.4. The molecule has 0 amide bonds. The smallest absolute Gasteiger partial charge is 0.191 e. The number of rotatable bonds is 9. The largest absolute Gasteiger partial charge is 0.497 e. The highest BCUT2D eigenvalue weighted by Gasteiger charge is 2.24. The fourth-order valence-corrected chi connectivity index (χ4v) is 3.35. The number of nitrogens with zero attached hydrogens (tertiary/aromatic N) is 3. The molecule has 7 heteroatoms. The van der Waals surface area contributed by atoms with Crippen LogP contribution < -0.4 is 25.0 Å². The lowest BCUT2D eigenvalue weighted by atomic mass is 10.2. The average Bonchev–Trinajstić information content (AvgIpc) is 3.18. The quantitative estimate of drug-likeness (QED) is 0.505. The van der Waals surface area contributed by atoms with Crippen molar-refractivity contribution < 1.29 is 9.47 Å². The molecule has 2 rings (SSSR count). The van der Waals surface area contributed by atoms with Gasteiger partial charge in [-0.15, -0.1) is 0 Å². The zero-order chi connectivity index (χ0) is 19.6. The van der Waals surface area contributed by atoms with Crippen LogP contribution in [0, 0.1) is 0 Å². The van der Waals surface area contributed by atoms with E-state index in [1.807, 2.05) is 13.1 Å². The molecule has 152 valence electrons. The van der Waals surface area contributed by atoms with Crippen LogP contribution in [0.5, 0.6) is 11.5 Å². The van der Waals surface area contributed by atoms with Gasteiger partial charge in [0, 0.05) is 63.2 Å². The monoisotopic (exact) mass is 377 g/mol. The molecule has 0 aromatic heterocycles. The van der Waals surface area contributed by atoms with Crippen molar-refractivity contribution in [3.8, 4) is 11.5 Å². The van der Waals surface area contributed by atoms with Crippen molar-refractivity contribution in [3.63, 3.8) is 0 Å². The molecule has 1 aromatic carbocycles. The maximum atomic E-state index is 5.39. The highest BCUT2D eigenvalue weighted by atomic mass is 16.5. The molecule has 1 atom stereocenters. The number of hydrogen-bond donors (Lipinski definition) is 2. The van der Waals surface area contributed by atoms with Gasteiger partial charge >= 0.3 is 0 Å². The summed E-state index contributed by atoms with van der Waals surface area (Å²) in [5, 5.41) is 6.97. The van der Waals surface area contributed by atoms with Crippen LogP contribution in [0.1, 0.15) is 20.3 Å². The lowest BCUT2D eigenvalue weighted by Gasteiger charge is -2.22. The van der Waals surface area contributed by atoms with Gasteiger partial charge in [-0.1, -0.05) is 13.8 Å². The number of benzene rings is 1. The van der Waals surface area contributed by atoms with E-state index in [1.165, 1.54) is 0 Å². The maximum Gasteiger partial charge on any atom is 0.191 e. The minimum absolute atomic E-state index is 0.363. The summed E-state index contributed by atoms with van der Waals surface area (Å²) >= 11 is 0. The minimum Gasteiger partial charge on any atom is -0.497 e. The van der Waals surface area contributed by atoms with Gasteiger partial charge in [-0.2, -0.15) is 0 Å². The zero-order valence-corrected chi connectivity index (χ0v) is 17.4. The molecule has 1 aliphatic rings. The second-order valence-electron chi connectivity index (χ2n) is 6.67. The van der Waals surface area contributed by atoms with E-state index in [1.54, 1.807) is 14.2 Å². The Morgan fingerprint density at radius 3 is 2.41 bits per heavy atom. The molecule has 1 aromatic rings. The number of hydrogen-bond acceptors (Lipinski definition) is 5. The molecule has 1 unspecified atom stereocenters. The van der Waals surface area contributed by atoms with Gasteiger partial charge in [0.1, 0.15) is 11.5 Å². The van der Waals surface area contributed by atoms with Crippen LogP contribution in [-0.4, -0.2) is 77.4 Å². The summed E-state index contributed by atoms with van der Waals surface area (Å²) in [5.41, 5.74) is 1.12. The van der Waals surface area contributed by atoms with Crippen LogP contribution in [0.25, 0.3) is 0 Å². The first-order valence-electron chi connectivity index (χ1n) is 9.81. The van der Waals surface area contributed by atoms with E-state index in [0.717, 1.165) is 68.8 Å². The summed E-state index contributed by atoms with van der Waals surface area (Å²) in [6.07, 6.45) is 1.07. The van der Waals surface area contributed by atoms with Gasteiger partial charge in [-0.25, -0.2) is 0 Å². The third-order valence-electron chi connectivity index (χ3n) is 5.07. The van der Waals surface area contributed by atoms with Gasteiger partial charge in [-0.05, 0) is 19.5 Å². The van der Waals surface area contributed by atoms with E-state index >= 15 is 0 Å². The van der Waals surface area contributed by atoms with Crippen molar-refractivity contribution in [2.24, 2.45) is 4.99 Å². The Morgan fingerprint density at radius 1 is 1.19 bits per heavy atom. The fraction of sp³-hybridized carbons (Fsp3) is 0.650. The van der Waals surface area contributed by atoms with Crippen LogP contribution in [-0.2, 0) is 0 Å². The van der Waals surface area contributed by atoms with E-state index in [4.69, 9.17) is 9.47 Å². The Labute approximate surface area is 163 Å². The average molecular weight is 378 g/mol. The minimum atomic E-state index is 0.363. The van der Waals surface area contributed by atoms with Crippen molar-refractivity contribution in [1.29, 1.82) is 0 Å². The Morgan fingerprint density at radius 2 is 1.85 bits per heavy atom. The molecule has 1 saturated heterocycles. The fourth-order valence-electron chi connectivity index (χ4n) is 3.35. The lowest BCUT2D eigenvalue weighted by molar-refractivity contribution is 0.308. The first-order chi connectivity index (χ1) is 13.1. The molecule has 1 heterocycles. The highest BCUT2D eigenvalue weighted by Crippen LogP contribution is 2.30. The van der Waals surface area contributed by atoms with E-state index < -0.39 is 0 Å². The van der Waals surface area contributed by atoms with Crippen molar-refractivity contribution in [1.82, 2.24) is 15.5 Å². The molecule has 0 radical (unpaired) electrons. The van der Waals surface area contributed by atoms with Crippen LogP contribution >= 0.6 is 0 Å². The summed E-state index contributed by atoms with van der Waals surface area (Å²) in [6.45, 7) is 10.4. The van der Waals surface area contributed by atoms with Crippen molar-refractivity contribution in [2.45, 2.75) is 26.3 Å². The Bertz CT molecular complexity index is 582. The molecule has 27 heavy (non-hydrogen) atoms. The molecular weight excluding hydrogens is 342 g/mol. The molecular formula is C20H35N5O2. The van der Waals surface area contributed by atoms with Gasteiger partial charge in [0.25, 0.3) is 0 Å². The molecule has 2 N–H and O–H groups in total. The van der Waals surface area contributed by atoms with Gasteiger partial charge < -0.3 is 29.9 Å². The maximum absolute atomic E-state index is 5.39. The van der Waals surface area contributed by atoms with Gasteiger partial charge in [0.2, 0.25) is 0 Å². The second kappa shape index (κ2) is 10.9. The summed E-state index contributed by atoms with van der Waals surface area (Å²) < 4.78 is 10.8. The molecule has 7 nitrogen and oxygen atoms in total. The first kappa shape index (κ1) is 21.2. The first-order valence-corrected chi connectivity index (χ1v) is 9.81. The SMILES string of the molecule is CCN(CC)CCNC(=NC)NC1CCN(c2cc(OC)cc(OC)c2)C1. The molecule has 0 bridgehead atoms. The molecule has 0 saturated carbocycles. The van der Waals surface area contributed by atoms with Gasteiger partial charge in [0.05, 0.1) is 14.2 Å². The molecule has 1 fully saturated rings. The topological polar surface area (TPSA) is 61.4 Å². The van der Waals surface area contributed by atoms with E-state index in [-0.39, 0.29) is 0 Å². The van der Waals surface area contributed by atoms with Gasteiger partial charge in [-0.3, -0.25) is 4.99 Å². The third kappa shape index (κ3) is 6.20. The van der Waals surface area contributed by atoms with Crippen LogP contribution in [0.4, 0.5) is 5.69 Å². The standard InChI is InChI=1S/C20H35N5O2/c1-6-24(7-2)11-9-22-20(21-3)23-16-8-10-25(15-16)17-12-18(26-4)14-19(13-17)27-5/h12-14,16H,6-11,15H2,1-5H3,(H2,21,22,23). The van der Waals surface area contributed by atoms with Gasteiger partial charge in [0.15, 0.2) is 5.96 Å². The van der Waals surface area contributed by atoms with Crippen molar-refractivity contribution in [2.75, 3.05) is 65.4 Å². The van der Waals surface area contributed by atoms with Crippen LogP contribution in [0.2, 0.25) is 0 Å². The van der Waals surface area contributed by atoms with Crippen molar-refractivity contribution >= 4 is 11.6 Å². The second-order valence-corrected chi connectivity index (χ2v) is 6.67. The summed E-state index contributed by atoms with van der Waals surface area (Å²) in [6, 6.07) is 6.38. The predicted octanol–water partition coefficient (Wildman–Crippen LogP) is 1.79. The number of nitrogens with one attached hydrogen (secondary N) is 2. The number of methoxy groups -OCH3 is 2. The van der Waals surface area contributed by atoms with Crippen LogP contribution in [0.3, 0.4) is 0 Å². The van der Waals surface area contributed by atoms with Crippen LogP contribution in [0.15, 0.2) is 23.2 Å². The summed E-state index contributed by atoms with van der Waals surface area (Å²) in [5.74, 6) is 2.50. The van der Waals surface area contributed by atoms with E-state index in [9.17, 15) is 0 Å². The summed E-state index contributed by atoms with van der Waals surface area (Å²) in [7, 11) is 5.19. The molecule has 0 aliphatic carbocycles. The van der Waals surface area contributed by atoms with E-state index in [2.05, 4.69) is 51.4 Å². The number of aliphatic imine (C=N–C) groups is 1. The molecule has 0 spiro atoms. The Kier molecular flexibility index (Phi) is 8.51. The normalized spacial score (nSPS) is 17.3.